The van der Waals surface area contributed by atoms with Crippen LogP contribution >= 0.6 is 12.6 Å². The smallest absolute Gasteiger partial charge is 0.222 e. The number of halogens is 3. The predicted molar refractivity (Wildman–Crippen MR) is 109 cm³/mol. The fraction of sp³-hybridized carbons (Fsp3) is 0.316. The van der Waals surface area contributed by atoms with Crippen LogP contribution in [0.5, 0.6) is 5.88 Å². The number of aliphatic hydroxyl groups is 2. The number of benzene rings is 1. The van der Waals surface area contributed by atoms with Crippen LogP contribution < -0.4 is 10.2 Å². The topological polar surface area (TPSA) is 159 Å². The van der Waals surface area contributed by atoms with Gasteiger partial charge in [0.05, 0.1) is 18.4 Å². The fourth-order valence-electron chi connectivity index (χ4n) is 3.34. The molecule has 3 N–H and O–H groups in total. The third-order valence-electron chi connectivity index (χ3n) is 5.08. The van der Waals surface area contributed by atoms with Crippen molar-refractivity contribution in [3.05, 3.63) is 57.8 Å². The van der Waals surface area contributed by atoms with Crippen molar-refractivity contribution >= 4 is 12.6 Å². The second-order valence-corrected chi connectivity index (χ2v) is 7.86. The Labute approximate surface area is 193 Å². The van der Waals surface area contributed by atoms with Gasteiger partial charge in [-0.3, -0.25) is 4.79 Å². The van der Waals surface area contributed by atoms with Gasteiger partial charge in [-0.25, -0.2) is 23.0 Å². The molecule has 1 aromatic carbocycles. The summed E-state index contributed by atoms with van der Waals surface area (Å²) >= 11 is 4.12. The van der Waals surface area contributed by atoms with Crippen LogP contribution in [0.25, 0.3) is 11.3 Å². The van der Waals surface area contributed by atoms with E-state index in [9.17, 15) is 28.2 Å². The van der Waals surface area contributed by atoms with Gasteiger partial charge in [0.25, 0.3) is 0 Å². The molecular weight excluding hydrogens is 481 g/mol. The molecule has 178 valence electrons. The highest BCUT2D eigenvalue weighted by molar-refractivity contribution is 7.80. The summed E-state index contributed by atoms with van der Waals surface area (Å²) in [6.07, 6.45) is -1.68. The van der Waals surface area contributed by atoms with Crippen LogP contribution in [0, 0.1) is 28.8 Å². The second kappa shape index (κ2) is 9.06. The van der Waals surface area contributed by atoms with E-state index in [1.807, 2.05) is 0 Å². The first-order chi connectivity index (χ1) is 16.1. The Morgan fingerprint density at radius 3 is 2.71 bits per heavy atom. The van der Waals surface area contributed by atoms with Crippen LogP contribution in [-0.2, 0) is 10.5 Å². The average Bonchev–Trinajstić information content (AvgIpc) is 3.30. The minimum absolute atomic E-state index is 0.0682. The van der Waals surface area contributed by atoms with Crippen molar-refractivity contribution in [2.45, 2.75) is 29.8 Å². The number of nitrogens with one attached hydrogen (secondary N) is 1. The molecule has 15 heteroatoms. The Morgan fingerprint density at radius 2 is 2.06 bits per heavy atom. The maximum absolute atomic E-state index is 13.6. The molecule has 3 heterocycles. The lowest BCUT2D eigenvalue weighted by atomic mass is 9.96. The zero-order valence-electron chi connectivity index (χ0n) is 16.9. The number of H-pyrrole nitrogens is 1. The minimum Gasteiger partial charge on any atom is -0.475 e. The van der Waals surface area contributed by atoms with Gasteiger partial charge in [0.15, 0.2) is 23.2 Å². The highest BCUT2D eigenvalue weighted by atomic mass is 32.1. The number of nitrogens with zero attached hydrogens (tertiary/aromatic N) is 5. The Hall–Kier alpha value is -3.45. The molecule has 1 aliphatic heterocycles. The van der Waals surface area contributed by atoms with E-state index in [1.54, 1.807) is 6.07 Å². The number of rotatable bonds is 5. The highest BCUT2D eigenvalue weighted by Gasteiger charge is 2.49. The van der Waals surface area contributed by atoms with Gasteiger partial charge in [-0.1, -0.05) is 5.21 Å². The molecule has 0 radical (unpaired) electrons. The lowest BCUT2D eigenvalue weighted by Crippen LogP contribution is -2.58. The number of thiol groups is 1. The van der Waals surface area contributed by atoms with Gasteiger partial charge in [-0.05, 0) is 12.1 Å². The fourth-order valence-corrected chi connectivity index (χ4v) is 3.75. The molecule has 4 atom stereocenters. The van der Waals surface area contributed by atoms with Crippen LogP contribution in [0.3, 0.4) is 0 Å². The summed E-state index contributed by atoms with van der Waals surface area (Å²) in [6.45, 7) is -0.231. The van der Waals surface area contributed by atoms with Crippen molar-refractivity contribution in [1.29, 1.82) is 5.26 Å². The van der Waals surface area contributed by atoms with Gasteiger partial charge >= 0.3 is 0 Å². The number of ether oxygens (including phenoxy) is 2. The van der Waals surface area contributed by atoms with Crippen LogP contribution in [0.15, 0.2) is 29.2 Å². The number of hydrogen-bond donors (Lipinski definition) is 4. The first-order valence-electron chi connectivity index (χ1n) is 9.56. The molecule has 0 aliphatic carbocycles. The molecule has 4 rings (SSSR count). The average molecular weight is 496 g/mol. The van der Waals surface area contributed by atoms with E-state index in [-0.39, 0.29) is 35.9 Å². The summed E-state index contributed by atoms with van der Waals surface area (Å²) in [6, 6.07) is 4.04. The number of aromatic nitrogens is 5. The Balaban J connectivity index is 1.55. The summed E-state index contributed by atoms with van der Waals surface area (Å²) < 4.78 is 52.2. The third-order valence-corrected chi connectivity index (χ3v) is 5.48. The summed E-state index contributed by atoms with van der Waals surface area (Å²) in [4.78, 5) is 11.7. The first-order valence-corrected chi connectivity index (χ1v) is 10.1. The molecule has 0 spiro atoms. The predicted octanol–water partition coefficient (Wildman–Crippen LogP) is 0.447. The summed E-state index contributed by atoms with van der Waals surface area (Å²) in [5.74, 6) is -4.58. The number of aromatic amines is 1. The molecule has 3 aromatic rings. The largest absolute Gasteiger partial charge is 0.475 e. The first kappa shape index (κ1) is 23.7. The molecule has 1 saturated heterocycles. The van der Waals surface area contributed by atoms with Crippen LogP contribution in [0.1, 0.15) is 12.1 Å². The number of nitriles is 1. The Bertz CT molecular complexity index is 1310. The quantitative estimate of drug-likeness (QED) is 0.291. The molecule has 1 fully saturated rings. The van der Waals surface area contributed by atoms with Crippen molar-refractivity contribution in [3.63, 3.8) is 0 Å². The lowest BCUT2D eigenvalue weighted by Gasteiger charge is -2.42. The monoisotopic (exact) mass is 496 g/mol. The number of hydrogen-bond acceptors (Lipinski definition) is 10. The van der Waals surface area contributed by atoms with E-state index in [1.165, 1.54) is 0 Å². The standard InChI is InChI=1S/C19H15F3N6O5S/c20-10-1-8(2-11(21)16(10)22)13-6-28(27-25-13)19(31)4-9(33-18(34)17(19)30)7-32-15-3-14(29)12(5-23)24-26-15/h1-3,6,9,17-18,30-31,34H,4,7H2,(H,26,29)/t9-,17-,18+,19-/m0/s1. The van der Waals surface area contributed by atoms with Crippen molar-refractivity contribution in [3.8, 4) is 23.2 Å². The van der Waals surface area contributed by atoms with Crippen LogP contribution in [0.4, 0.5) is 13.2 Å². The van der Waals surface area contributed by atoms with Crippen molar-refractivity contribution in [2.24, 2.45) is 0 Å². The van der Waals surface area contributed by atoms with E-state index >= 15 is 0 Å². The zero-order chi connectivity index (χ0) is 24.6. The molecule has 1 aliphatic rings. The maximum Gasteiger partial charge on any atom is 0.222 e. The van der Waals surface area contributed by atoms with E-state index in [2.05, 4.69) is 33.1 Å². The van der Waals surface area contributed by atoms with Gasteiger partial charge in [-0.15, -0.1) is 17.7 Å². The molecule has 34 heavy (non-hydrogen) atoms. The molecule has 0 bridgehead atoms. The third kappa shape index (κ3) is 4.35. The van der Waals surface area contributed by atoms with Gasteiger partial charge in [-0.2, -0.15) is 10.4 Å². The molecule has 0 amide bonds. The highest BCUT2D eigenvalue weighted by Crippen LogP contribution is 2.35. The second-order valence-electron chi connectivity index (χ2n) is 7.35. The van der Waals surface area contributed by atoms with E-state index in [0.717, 1.165) is 16.9 Å². The minimum atomic E-state index is -2.13. The lowest BCUT2D eigenvalue weighted by molar-refractivity contribution is -0.238. The molecule has 0 unspecified atom stereocenters. The van der Waals surface area contributed by atoms with Crippen molar-refractivity contribution < 1.29 is 32.9 Å². The van der Waals surface area contributed by atoms with Crippen molar-refractivity contribution in [1.82, 2.24) is 25.2 Å². The normalized spacial score (nSPS) is 24.6. The van der Waals surface area contributed by atoms with Crippen LogP contribution in [-0.4, -0.2) is 59.7 Å². The molecular formula is C19H15F3N6O5S. The van der Waals surface area contributed by atoms with Gasteiger partial charge in [0.2, 0.25) is 17.0 Å². The number of aliphatic hydroxyl groups excluding tert-OH is 1. The SMILES string of the molecule is N#Cc1n[nH]c(OC[C@@H]2C[C@@](O)(n3cc(-c4cc(F)c(F)c(F)c4)nn3)[C@@H](O)[C@@H](S)O2)cc1=O. The molecule has 2 aromatic heterocycles. The van der Waals surface area contributed by atoms with E-state index < -0.39 is 46.2 Å². The Kier molecular flexibility index (Phi) is 6.32. The molecule has 0 saturated carbocycles. The van der Waals surface area contributed by atoms with Crippen molar-refractivity contribution in [2.75, 3.05) is 6.61 Å². The zero-order valence-corrected chi connectivity index (χ0v) is 17.8. The van der Waals surface area contributed by atoms with E-state index in [4.69, 9.17) is 14.7 Å². The van der Waals surface area contributed by atoms with Crippen LogP contribution in [0.2, 0.25) is 0 Å². The Morgan fingerprint density at radius 1 is 1.35 bits per heavy atom. The van der Waals surface area contributed by atoms with Gasteiger partial charge in [0.1, 0.15) is 29.9 Å². The van der Waals surface area contributed by atoms with E-state index in [0.29, 0.717) is 12.1 Å². The van der Waals surface area contributed by atoms with Gasteiger partial charge < -0.3 is 19.7 Å². The summed E-state index contributed by atoms with van der Waals surface area (Å²) in [5.41, 5.74) is -4.60. The summed E-state index contributed by atoms with van der Waals surface area (Å²) in [7, 11) is 0. The molecule has 11 nitrogen and oxygen atoms in total. The maximum atomic E-state index is 13.6. The summed E-state index contributed by atoms with van der Waals surface area (Å²) in [5, 5.41) is 43.9. The van der Waals surface area contributed by atoms with Gasteiger partial charge in [0, 0.05) is 12.0 Å².